The van der Waals surface area contributed by atoms with Gasteiger partial charge in [0.05, 0.1) is 16.7 Å². The first-order valence-corrected chi connectivity index (χ1v) is 6.58. The Morgan fingerprint density at radius 3 is 2.83 bits per heavy atom. The predicted molar refractivity (Wildman–Crippen MR) is 78.8 cm³/mol. The third-order valence-electron chi connectivity index (χ3n) is 3.13. The summed E-state index contributed by atoms with van der Waals surface area (Å²) in [5.41, 5.74) is 0.136. The number of ether oxygens (including phenoxy) is 1. The summed E-state index contributed by atoms with van der Waals surface area (Å²) in [7, 11) is 0. The van der Waals surface area contributed by atoms with Gasteiger partial charge in [-0.2, -0.15) is 0 Å². The van der Waals surface area contributed by atoms with Crippen molar-refractivity contribution in [2.75, 3.05) is 0 Å². The molecule has 0 unspecified atom stereocenters. The topological polar surface area (TPSA) is 86.7 Å². The molecule has 3 aromatic rings. The zero-order valence-corrected chi connectivity index (χ0v) is 11.7. The number of rotatable bonds is 4. The van der Waals surface area contributed by atoms with E-state index in [0.717, 1.165) is 12.1 Å². The molecule has 0 aliphatic heterocycles. The van der Waals surface area contributed by atoms with Crippen molar-refractivity contribution >= 4 is 11.3 Å². The van der Waals surface area contributed by atoms with E-state index in [2.05, 4.69) is 4.98 Å². The summed E-state index contributed by atoms with van der Waals surface area (Å²) in [5, 5.41) is 10.6. The molecule has 0 saturated heterocycles. The minimum atomic E-state index is -0.850. The average molecular weight is 315 g/mol. The van der Waals surface area contributed by atoms with Gasteiger partial charge in [0.2, 0.25) is 0 Å². The molecule has 0 atom stereocenters. The van der Waals surface area contributed by atoms with Gasteiger partial charge in [0, 0.05) is 18.3 Å². The van der Waals surface area contributed by atoms with Crippen LogP contribution in [0.3, 0.4) is 0 Å². The number of nitro benzene ring substituents is 1. The summed E-state index contributed by atoms with van der Waals surface area (Å²) in [6, 6.07) is 9.48. The van der Waals surface area contributed by atoms with E-state index in [0.29, 0.717) is 11.3 Å². The smallest absolute Gasteiger partial charge is 0.272 e. The summed E-state index contributed by atoms with van der Waals surface area (Å²) < 4.78 is 20.4. The molecule has 0 amide bonds. The molecule has 0 saturated carbocycles. The van der Waals surface area contributed by atoms with Gasteiger partial charge in [0.15, 0.2) is 11.6 Å². The zero-order valence-electron chi connectivity index (χ0n) is 11.7. The summed E-state index contributed by atoms with van der Waals surface area (Å²) in [6.45, 7) is -0.130. The van der Waals surface area contributed by atoms with Crippen LogP contribution in [-0.4, -0.2) is 14.3 Å². The van der Waals surface area contributed by atoms with Crippen LogP contribution in [0.2, 0.25) is 0 Å². The van der Waals surface area contributed by atoms with Gasteiger partial charge in [0.25, 0.3) is 11.2 Å². The van der Waals surface area contributed by atoms with Gasteiger partial charge in [-0.3, -0.25) is 19.3 Å². The largest absolute Gasteiger partial charge is 0.484 e. The van der Waals surface area contributed by atoms with Crippen molar-refractivity contribution in [3.05, 3.63) is 80.6 Å². The van der Waals surface area contributed by atoms with E-state index in [-0.39, 0.29) is 23.6 Å². The molecular weight excluding hydrogens is 305 g/mol. The molecule has 0 fully saturated rings. The number of nitro groups is 1. The molecule has 1 aromatic carbocycles. The van der Waals surface area contributed by atoms with E-state index in [9.17, 15) is 19.3 Å². The Bertz CT molecular complexity index is 955. The highest BCUT2D eigenvalue weighted by Crippen LogP contribution is 2.23. The van der Waals surface area contributed by atoms with Crippen molar-refractivity contribution in [3.8, 4) is 5.75 Å². The number of nitrogens with zero attached hydrogens (tertiary/aromatic N) is 3. The van der Waals surface area contributed by atoms with Gasteiger partial charge in [-0.15, -0.1) is 0 Å². The highest BCUT2D eigenvalue weighted by Gasteiger charge is 2.12. The normalized spacial score (nSPS) is 10.7. The van der Waals surface area contributed by atoms with Gasteiger partial charge in [-0.25, -0.2) is 9.37 Å². The molecule has 116 valence electrons. The Hall–Kier alpha value is -3.29. The molecule has 0 N–H and O–H groups in total. The molecule has 2 heterocycles. The Balaban J connectivity index is 1.83. The maximum atomic E-state index is 13.7. The van der Waals surface area contributed by atoms with Crippen LogP contribution in [0.5, 0.6) is 5.75 Å². The number of hydrogen-bond donors (Lipinski definition) is 0. The molecule has 0 spiro atoms. The number of benzene rings is 1. The first-order chi connectivity index (χ1) is 11.0. The van der Waals surface area contributed by atoms with Gasteiger partial charge >= 0.3 is 0 Å². The van der Waals surface area contributed by atoms with Crippen LogP contribution in [0.1, 0.15) is 5.69 Å². The summed E-state index contributed by atoms with van der Waals surface area (Å²) >= 11 is 0. The second-order valence-corrected chi connectivity index (χ2v) is 4.68. The van der Waals surface area contributed by atoms with Crippen molar-refractivity contribution < 1.29 is 14.1 Å². The van der Waals surface area contributed by atoms with E-state index in [1.54, 1.807) is 24.4 Å². The Morgan fingerprint density at radius 2 is 2.09 bits per heavy atom. The second kappa shape index (κ2) is 5.84. The zero-order chi connectivity index (χ0) is 16.4. The van der Waals surface area contributed by atoms with Gasteiger partial charge in [-0.1, -0.05) is 6.07 Å². The third kappa shape index (κ3) is 3.00. The van der Waals surface area contributed by atoms with Crippen LogP contribution >= 0.6 is 0 Å². The highest BCUT2D eigenvalue weighted by molar-refractivity contribution is 5.39. The van der Waals surface area contributed by atoms with Crippen molar-refractivity contribution in [2.45, 2.75) is 6.61 Å². The SMILES string of the molecule is O=c1cc(COc2ccc([N+](=O)[O-])cc2F)nc2ccccn12. The van der Waals surface area contributed by atoms with E-state index in [1.165, 1.54) is 16.5 Å². The molecule has 0 aliphatic carbocycles. The maximum absolute atomic E-state index is 13.7. The summed E-state index contributed by atoms with van der Waals surface area (Å²) in [5.74, 6) is -0.998. The Morgan fingerprint density at radius 1 is 1.26 bits per heavy atom. The number of halogens is 1. The third-order valence-corrected chi connectivity index (χ3v) is 3.13. The molecule has 23 heavy (non-hydrogen) atoms. The van der Waals surface area contributed by atoms with E-state index < -0.39 is 10.7 Å². The Labute approximate surface area is 128 Å². The maximum Gasteiger partial charge on any atom is 0.272 e. The van der Waals surface area contributed by atoms with Crippen LogP contribution < -0.4 is 10.3 Å². The van der Waals surface area contributed by atoms with Gasteiger partial charge in [0.1, 0.15) is 12.3 Å². The summed E-state index contributed by atoms with van der Waals surface area (Å²) in [6.07, 6.45) is 1.59. The van der Waals surface area contributed by atoms with Crippen molar-refractivity contribution in [1.82, 2.24) is 9.38 Å². The van der Waals surface area contributed by atoms with Crippen LogP contribution in [0.15, 0.2) is 53.5 Å². The average Bonchev–Trinajstić information content (AvgIpc) is 2.53. The fourth-order valence-corrected chi connectivity index (χ4v) is 2.05. The molecule has 8 heteroatoms. The minimum Gasteiger partial charge on any atom is -0.484 e. The first kappa shape index (κ1) is 14.6. The van der Waals surface area contributed by atoms with Crippen LogP contribution in [-0.2, 0) is 6.61 Å². The molecule has 3 rings (SSSR count). The number of pyridine rings is 1. The van der Waals surface area contributed by atoms with E-state index in [1.807, 2.05) is 0 Å². The van der Waals surface area contributed by atoms with Gasteiger partial charge < -0.3 is 4.74 Å². The lowest BCUT2D eigenvalue weighted by atomic mass is 10.3. The monoisotopic (exact) mass is 315 g/mol. The lowest BCUT2D eigenvalue weighted by molar-refractivity contribution is -0.385. The van der Waals surface area contributed by atoms with Crippen molar-refractivity contribution in [2.24, 2.45) is 0 Å². The van der Waals surface area contributed by atoms with Crippen LogP contribution in [0.25, 0.3) is 5.65 Å². The number of hydrogen-bond acceptors (Lipinski definition) is 5. The minimum absolute atomic E-state index is 0.130. The molecule has 0 bridgehead atoms. The van der Waals surface area contributed by atoms with Crippen molar-refractivity contribution in [1.29, 1.82) is 0 Å². The number of fused-ring (bicyclic) bond motifs is 1. The highest BCUT2D eigenvalue weighted by atomic mass is 19.1. The standard InChI is InChI=1S/C15H10FN3O4/c16-12-8-11(19(21)22)4-5-13(12)23-9-10-7-15(20)18-6-2-1-3-14(18)17-10/h1-8H,9H2. The first-order valence-electron chi connectivity index (χ1n) is 6.58. The number of aromatic nitrogens is 2. The predicted octanol–water partition coefficient (Wildman–Crippen LogP) is 2.32. The molecule has 0 radical (unpaired) electrons. The molecule has 7 nitrogen and oxygen atoms in total. The summed E-state index contributed by atoms with van der Waals surface area (Å²) in [4.78, 5) is 26.0. The van der Waals surface area contributed by atoms with Gasteiger partial charge in [-0.05, 0) is 18.2 Å². The van der Waals surface area contributed by atoms with Crippen LogP contribution in [0, 0.1) is 15.9 Å². The van der Waals surface area contributed by atoms with Crippen molar-refractivity contribution in [3.63, 3.8) is 0 Å². The van der Waals surface area contributed by atoms with E-state index >= 15 is 0 Å². The second-order valence-electron chi connectivity index (χ2n) is 4.68. The quantitative estimate of drug-likeness (QED) is 0.544. The Kier molecular flexibility index (Phi) is 3.71. The molecule has 2 aromatic heterocycles. The fourth-order valence-electron chi connectivity index (χ4n) is 2.05. The fraction of sp³-hybridized carbons (Fsp3) is 0.0667. The lowest BCUT2D eigenvalue weighted by Crippen LogP contribution is -2.16. The molecule has 0 aliphatic rings. The van der Waals surface area contributed by atoms with Crippen LogP contribution in [0.4, 0.5) is 10.1 Å². The number of non-ortho nitro benzene ring substituents is 1. The lowest BCUT2D eigenvalue weighted by Gasteiger charge is -2.07. The van der Waals surface area contributed by atoms with E-state index in [4.69, 9.17) is 4.74 Å². The molecular formula is C15H10FN3O4.